The zero-order valence-corrected chi connectivity index (χ0v) is 13.1. The summed E-state index contributed by atoms with van der Waals surface area (Å²) in [7, 11) is -3.99. The number of hydrogen-bond acceptors (Lipinski definition) is 6. The van der Waals surface area contributed by atoms with Crippen LogP contribution in [0.5, 0.6) is 0 Å². The summed E-state index contributed by atoms with van der Waals surface area (Å²) in [6.45, 7) is 1.37. The average Bonchev–Trinajstić information content (AvgIpc) is 2.41. The highest BCUT2D eigenvalue weighted by molar-refractivity contribution is 9.10. The summed E-state index contributed by atoms with van der Waals surface area (Å²) < 4.78 is 27.2. The smallest absolute Gasteiger partial charge is 0.262 e. The van der Waals surface area contributed by atoms with Crippen LogP contribution in [0.2, 0.25) is 0 Å². The average molecular weight is 373 g/mol. The Morgan fingerprint density at radius 1 is 1.29 bits per heavy atom. The molecule has 8 nitrogen and oxygen atoms in total. The number of benzene rings is 1. The van der Waals surface area contributed by atoms with Crippen LogP contribution in [0, 0.1) is 17.0 Å². The zero-order valence-electron chi connectivity index (χ0n) is 10.6. The molecule has 0 aliphatic heterocycles. The van der Waals surface area contributed by atoms with Gasteiger partial charge in [-0.1, -0.05) is 6.07 Å². The summed E-state index contributed by atoms with van der Waals surface area (Å²) in [5.74, 6) is 0.0177. The van der Waals surface area contributed by atoms with Gasteiger partial charge < -0.3 is 0 Å². The minimum Gasteiger partial charge on any atom is -0.262 e. The van der Waals surface area contributed by atoms with E-state index in [0.29, 0.717) is 4.60 Å². The van der Waals surface area contributed by atoms with Crippen molar-refractivity contribution in [3.8, 4) is 0 Å². The summed E-state index contributed by atoms with van der Waals surface area (Å²) in [5, 5.41) is 10.9. The quantitative estimate of drug-likeness (QED) is 0.649. The molecule has 0 bridgehead atoms. The molecule has 21 heavy (non-hydrogen) atoms. The van der Waals surface area contributed by atoms with E-state index in [-0.39, 0.29) is 22.0 Å². The molecular weight excluding hydrogens is 364 g/mol. The van der Waals surface area contributed by atoms with Crippen molar-refractivity contribution in [3.05, 3.63) is 50.9 Å². The van der Waals surface area contributed by atoms with Gasteiger partial charge in [0.1, 0.15) is 4.60 Å². The predicted molar refractivity (Wildman–Crippen MR) is 78.4 cm³/mol. The molecule has 0 aliphatic carbocycles. The number of rotatable bonds is 4. The highest BCUT2D eigenvalue weighted by atomic mass is 79.9. The lowest BCUT2D eigenvalue weighted by Crippen LogP contribution is -2.15. The van der Waals surface area contributed by atoms with Gasteiger partial charge >= 0.3 is 0 Å². The lowest BCUT2D eigenvalue weighted by Gasteiger charge is -2.09. The zero-order chi connectivity index (χ0) is 15.6. The third kappa shape index (κ3) is 3.34. The van der Waals surface area contributed by atoms with Crippen LogP contribution in [0.3, 0.4) is 0 Å². The summed E-state index contributed by atoms with van der Waals surface area (Å²) in [4.78, 5) is 17.7. The van der Waals surface area contributed by atoms with E-state index in [9.17, 15) is 18.5 Å². The molecule has 0 radical (unpaired) electrons. The maximum atomic E-state index is 12.3. The summed E-state index contributed by atoms with van der Waals surface area (Å²) in [5.41, 5.74) is -0.208. The van der Waals surface area contributed by atoms with Gasteiger partial charge in [-0.2, -0.15) is 0 Å². The molecule has 1 heterocycles. The van der Waals surface area contributed by atoms with E-state index in [1.165, 1.54) is 37.5 Å². The van der Waals surface area contributed by atoms with Gasteiger partial charge in [0.05, 0.1) is 22.2 Å². The number of sulfonamides is 1. The highest BCUT2D eigenvalue weighted by Crippen LogP contribution is 2.25. The van der Waals surface area contributed by atoms with Crippen LogP contribution in [-0.2, 0) is 10.0 Å². The lowest BCUT2D eigenvalue weighted by atomic mass is 10.2. The molecule has 0 atom stereocenters. The van der Waals surface area contributed by atoms with Crippen LogP contribution in [0.15, 0.2) is 40.1 Å². The van der Waals surface area contributed by atoms with E-state index in [1.807, 2.05) is 0 Å². The van der Waals surface area contributed by atoms with Crippen LogP contribution in [0.1, 0.15) is 5.56 Å². The number of nitrogens with zero attached hydrogens (tertiary/aromatic N) is 3. The molecule has 0 unspecified atom stereocenters. The molecule has 1 aromatic heterocycles. The van der Waals surface area contributed by atoms with Crippen LogP contribution in [0.25, 0.3) is 0 Å². The first kappa shape index (κ1) is 15.3. The molecule has 0 spiro atoms. The molecular formula is C11H9BrN4O4S. The van der Waals surface area contributed by atoms with Gasteiger partial charge in [-0.25, -0.2) is 18.4 Å². The number of nitro groups is 1. The molecule has 110 valence electrons. The van der Waals surface area contributed by atoms with E-state index in [0.717, 1.165) is 0 Å². The van der Waals surface area contributed by atoms with Crippen molar-refractivity contribution in [1.29, 1.82) is 0 Å². The molecule has 10 heteroatoms. The lowest BCUT2D eigenvalue weighted by molar-refractivity contribution is -0.385. The van der Waals surface area contributed by atoms with Crippen molar-refractivity contribution in [2.45, 2.75) is 11.8 Å². The summed E-state index contributed by atoms with van der Waals surface area (Å²) >= 11 is 3.08. The van der Waals surface area contributed by atoms with E-state index in [2.05, 4.69) is 30.6 Å². The topological polar surface area (TPSA) is 115 Å². The predicted octanol–water partition coefficient (Wildman–Crippen LogP) is 2.26. The fourth-order valence-corrected chi connectivity index (χ4v) is 3.11. The largest absolute Gasteiger partial charge is 0.273 e. The van der Waals surface area contributed by atoms with E-state index in [4.69, 9.17) is 0 Å². The Labute approximate surface area is 128 Å². The number of anilines is 1. The second-order valence-electron chi connectivity index (χ2n) is 3.99. The van der Waals surface area contributed by atoms with Crippen LogP contribution < -0.4 is 4.72 Å². The minimum absolute atomic E-state index is 0.0177. The van der Waals surface area contributed by atoms with Crippen molar-refractivity contribution < 1.29 is 13.3 Å². The molecule has 2 aromatic rings. The molecule has 1 aromatic carbocycles. The number of nitrogens with one attached hydrogen (secondary N) is 1. The number of aromatic nitrogens is 2. The summed E-state index contributed by atoms with van der Waals surface area (Å²) in [6, 6.07) is 3.84. The van der Waals surface area contributed by atoms with Gasteiger partial charge in [0.25, 0.3) is 15.7 Å². The third-order valence-electron chi connectivity index (χ3n) is 2.60. The van der Waals surface area contributed by atoms with Gasteiger partial charge in [0.2, 0.25) is 0 Å². The Hall–Kier alpha value is -2.07. The van der Waals surface area contributed by atoms with Crippen molar-refractivity contribution >= 4 is 37.5 Å². The minimum atomic E-state index is -3.99. The first-order chi connectivity index (χ1) is 9.81. The molecule has 0 saturated heterocycles. The molecule has 0 saturated carbocycles. The van der Waals surface area contributed by atoms with Crippen LogP contribution in [-0.4, -0.2) is 23.3 Å². The summed E-state index contributed by atoms with van der Waals surface area (Å²) in [6.07, 6.45) is 2.56. The molecule has 0 amide bonds. The molecule has 1 N–H and O–H groups in total. The Morgan fingerprint density at radius 2 is 2.00 bits per heavy atom. The molecule has 0 aliphatic rings. The number of nitro benzene ring substituents is 1. The Bertz CT molecular complexity index is 792. The Kier molecular flexibility index (Phi) is 4.19. The van der Waals surface area contributed by atoms with Crippen molar-refractivity contribution in [2.24, 2.45) is 0 Å². The van der Waals surface area contributed by atoms with E-state index < -0.39 is 14.9 Å². The van der Waals surface area contributed by atoms with Crippen LogP contribution >= 0.6 is 15.9 Å². The van der Waals surface area contributed by atoms with Crippen molar-refractivity contribution in [1.82, 2.24) is 9.97 Å². The second kappa shape index (κ2) is 5.74. The van der Waals surface area contributed by atoms with Gasteiger partial charge in [0.15, 0.2) is 5.82 Å². The van der Waals surface area contributed by atoms with E-state index >= 15 is 0 Å². The Morgan fingerprint density at radius 3 is 2.57 bits per heavy atom. The number of halogens is 1. The fourth-order valence-electron chi connectivity index (χ4n) is 1.65. The maximum Gasteiger partial charge on any atom is 0.273 e. The first-order valence-corrected chi connectivity index (χ1v) is 7.83. The Balaban J connectivity index is 2.42. The number of hydrogen-bond donors (Lipinski definition) is 1. The third-order valence-corrected chi connectivity index (χ3v) is 4.51. The SMILES string of the molecule is Cc1c([N+](=O)[O-])cccc1S(=O)(=O)Nc1cnc(Br)cn1. The molecule has 0 fully saturated rings. The van der Waals surface area contributed by atoms with Gasteiger partial charge in [0, 0.05) is 11.6 Å². The van der Waals surface area contributed by atoms with E-state index in [1.54, 1.807) is 0 Å². The fraction of sp³-hybridized carbons (Fsp3) is 0.0909. The van der Waals surface area contributed by atoms with Gasteiger partial charge in [-0.05, 0) is 28.9 Å². The molecule has 2 rings (SSSR count). The first-order valence-electron chi connectivity index (χ1n) is 5.55. The van der Waals surface area contributed by atoms with Gasteiger partial charge in [-0.3, -0.25) is 14.8 Å². The monoisotopic (exact) mass is 372 g/mol. The van der Waals surface area contributed by atoms with Gasteiger partial charge in [-0.15, -0.1) is 0 Å². The maximum absolute atomic E-state index is 12.3. The normalized spacial score (nSPS) is 11.1. The van der Waals surface area contributed by atoms with Crippen molar-refractivity contribution in [2.75, 3.05) is 4.72 Å². The standard InChI is InChI=1S/C11H9BrN4O4S/c1-7-8(16(17)18)3-2-4-9(7)21(19,20)15-11-6-13-10(12)5-14-11/h2-6H,1H3,(H,14,15). The van der Waals surface area contributed by atoms with Crippen LogP contribution in [0.4, 0.5) is 11.5 Å². The van der Waals surface area contributed by atoms with Crippen molar-refractivity contribution in [3.63, 3.8) is 0 Å². The highest BCUT2D eigenvalue weighted by Gasteiger charge is 2.23. The second-order valence-corrected chi connectivity index (χ2v) is 6.45.